The van der Waals surface area contributed by atoms with E-state index in [0.717, 1.165) is 12.4 Å². The third kappa shape index (κ3) is 14.2. The van der Waals surface area contributed by atoms with Crippen LogP contribution in [0.25, 0.3) is 22.3 Å². The lowest BCUT2D eigenvalue weighted by molar-refractivity contribution is 0.256. The van der Waals surface area contributed by atoms with Gasteiger partial charge in [-0.25, -0.2) is 61.8 Å². The molecule has 2 amide bonds. The zero-order valence-electron chi connectivity index (χ0n) is 38.7. The van der Waals surface area contributed by atoms with Gasteiger partial charge in [0.25, 0.3) is 26.3 Å². The van der Waals surface area contributed by atoms with Gasteiger partial charge in [0.1, 0.15) is 23.3 Å². The predicted octanol–water partition coefficient (Wildman–Crippen LogP) is 6.46. The van der Waals surface area contributed by atoms with Crippen LogP contribution in [-0.2, 0) is 20.0 Å². The van der Waals surface area contributed by atoms with Gasteiger partial charge in [-0.1, -0.05) is 27.7 Å². The molecule has 0 atom stereocenters. The number of carbonyl (C=O) groups excluding carboxylic acids is 1. The quantitative estimate of drug-likeness (QED) is 0.105. The monoisotopic (exact) mass is 976 g/mol. The summed E-state index contributed by atoms with van der Waals surface area (Å²) in [4.78, 5) is 39.6. The van der Waals surface area contributed by atoms with Crippen LogP contribution >= 0.6 is 0 Å². The molecular formula is C44H50F2N12O8S2. The number of rotatable bonds is 13. The van der Waals surface area contributed by atoms with Crippen molar-refractivity contribution in [2.24, 2.45) is 5.14 Å². The summed E-state index contributed by atoms with van der Waals surface area (Å²) in [5, 5.41) is 15.6. The summed E-state index contributed by atoms with van der Waals surface area (Å²) in [6.07, 6.45) is 9.52. The number of aromatic nitrogens is 6. The fourth-order valence-corrected chi connectivity index (χ4v) is 7.11. The molecule has 360 valence electrons. The highest BCUT2D eigenvalue weighted by Crippen LogP contribution is 2.39. The van der Waals surface area contributed by atoms with Crippen molar-refractivity contribution in [1.82, 2.24) is 34.6 Å². The predicted molar refractivity (Wildman–Crippen MR) is 250 cm³/mol. The van der Waals surface area contributed by atoms with Gasteiger partial charge in [-0.2, -0.15) is 8.42 Å². The number of anilines is 3. The standard InChI is InChI=1S/C22H25FN6O4S.C16H15FN2O2.C6H10N4O2S/c1-13(2)16-9-15(23)10-17(14-6-7-24-19(8-14)33-5)21(16)27-22(30)28-34(31,32)20-12-25-18(11-26-20)29(3)4;1-10(2)13-7-12(17)8-14(16(13)21-9-18)11-4-5-19-15(6-11)20-3;1-10(2)5-3-9-6(4-8-5)13(7,11)12/h6-13H,1-5H3,(H2,27,28,30);4-8,10H,1-3H3;3-4H,1-2H3,(H2,7,11,12). The van der Waals surface area contributed by atoms with E-state index in [0.29, 0.717) is 62.5 Å². The third-order valence-electron chi connectivity index (χ3n) is 9.30. The molecule has 20 nitrogen and oxygen atoms in total. The molecule has 6 rings (SSSR count). The van der Waals surface area contributed by atoms with Gasteiger partial charge >= 0.3 is 6.03 Å². The van der Waals surface area contributed by atoms with Crippen molar-refractivity contribution in [3.8, 4) is 46.0 Å². The van der Waals surface area contributed by atoms with E-state index in [4.69, 9.17) is 24.6 Å². The van der Waals surface area contributed by atoms with Gasteiger partial charge in [0.15, 0.2) is 15.8 Å². The third-order valence-corrected chi connectivity index (χ3v) is 11.3. The minimum atomic E-state index is -4.31. The molecule has 68 heavy (non-hydrogen) atoms. The first-order valence-electron chi connectivity index (χ1n) is 20.1. The van der Waals surface area contributed by atoms with E-state index in [1.54, 1.807) is 74.7 Å². The van der Waals surface area contributed by atoms with E-state index in [1.807, 2.05) is 32.4 Å². The zero-order valence-corrected chi connectivity index (χ0v) is 40.3. The number of urea groups is 1. The number of carbonyl (C=O) groups is 1. The number of pyridine rings is 2. The Hall–Kier alpha value is -7.62. The van der Waals surface area contributed by atoms with Crippen LogP contribution in [0.1, 0.15) is 50.7 Å². The molecule has 0 saturated carbocycles. The number of nitrogens with one attached hydrogen (secondary N) is 2. The van der Waals surface area contributed by atoms with E-state index in [9.17, 15) is 30.4 Å². The van der Waals surface area contributed by atoms with Crippen LogP contribution in [0.3, 0.4) is 0 Å². The Kier molecular flexibility index (Phi) is 18.1. The number of nitrogens with two attached hydrogens (primary N) is 1. The number of nitriles is 1. The van der Waals surface area contributed by atoms with E-state index >= 15 is 0 Å². The minimum absolute atomic E-state index is 0.0199. The van der Waals surface area contributed by atoms with Gasteiger partial charge in [0.05, 0.1) is 44.7 Å². The summed E-state index contributed by atoms with van der Waals surface area (Å²) in [7, 11) is 1.92. The normalized spacial score (nSPS) is 11.0. The lowest BCUT2D eigenvalue weighted by atomic mass is 9.94. The Morgan fingerprint density at radius 1 is 0.691 bits per heavy atom. The second-order valence-corrected chi connectivity index (χ2v) is 18.4. The average molecular weight is 977 g/mol. The maximum absolute atomic E-state index is 14.5. The number of benzene rings is 2. The molecule has 0 saturated heterocycles. The van der Waals surface area contributed by atoms with Gasteiger partial charge in [-0.15, -0.1) is 5.26 Å². The molecule has 24 heteroatoms. The average Bonchev–Trinajstić information content (AvgIpc) is 3.29. The summed E-state index contributed by atoms with van der Waals surface area (Å²) in [5.74, 6) is 1.04. The maximum atomic E-state index is 14.5. The SMILES string of the molecule is CN(C)c1cnc(S(N)(=O)=O)cn1.COc1cc(-c2cc(F)cc(C(C)C)c2NC(=O)NS(=O)(=O)c2cnc(N(C)C)cn2)ccn1.COc1cc(-c2cc(F)cc(C(C)C)c2OC#N)ccn1. The fourth-order valence-electron chi connectivity index (χ4n) is 5.92. The van der Waals surface area contributed by atoms with E-state index in [-0.39, 0.29) is 28.4 Å². The van der Waals surface area contributed by atoms with Gasteiger partial charge < -0.3 is 29.3 Å². The summed E-state index contributed by atoms with van der Waals surface area (Å²) < 4.78 is 92.4. The van der Waals surface area contributed by atoms with Crippen LogP contribution in [0.15, 0.2) is 95.8 Å². The summed E-state index contributed by atoms with van der Waals surface area (Å²) >= 11 is 0. The van der Waals surface area contributed by atoms with Crippen LogP contribution in [0, 0.1) is 23.2 Å². The van der Waals surface area contributed by atoms with Crippen molar-refractivity contribution >= 4 is 43.4 Å². The molecule has 4 N–H and O–H groups in total. The number of nitrogens with zero attached hydrogens (tertiary/aromatic N) is 9. The fraction of sp³-hybridized carbons (Fsp3) is 0.273. The number of ether oxygens (including phenoxy) is 3. The Bertz CT molecular complexity index is 2980. The van der Waals surface area contributed by atoms with Crippen molar-refractivity contribution < 1.29 is 44.6 Å². The maximum Gasteiger partial charge on any atom is 0.333 e. The van der Waals surface area contributed by atoms with Gasteiger partial charge in [0.2, 0.25) is 11.8 Å². The number of sulfonamides is 2. The highest BCUT2D eigenvalue weighted by Gasteiger charge is 2.24. The van der Waals surface area contributed by atoms with Crippen molar-refractivity contribution in [3.05, 3.63) is 108 Å². The molecule has 4 aromatic heterocycles. The summed E-state index contributed by atoms with van der Waals surface area (Å²) in [5.41, 5.74) is 3.42. The van der Waals surface area contributed by atoms with E-state index < -0.39 is 36.9 Å². The molecule has 6 aromatic rings. The van der Waals surface area contributed by atoms with Crippen molar-refractivity contribution in [2.75, 3.05) is 57.5 Å². The number of hydrogen-bond donors (Lipinski definition) is 3. The zero-order chi connectivity index (χ0) is 50.5. The molecule has 0 aliphatic carbocycles. The molecule has 4 heterocycles. The van der Waals surface area contributed by atoms with Crippen molar-refractivity contribution in [1.29, 1.82) is 5.26 Å². The molecule has 0 fully saturated rings. The Morgan fingerprint density at radius 2 is 1.16 bits per heavy atom. The highest BCUT2D eigenvalue weighted by atomic mass is 32.2. The molecular weight excluding hydrogens is 927 g/mol. The Labute approximate surface area is 393 Å². The molecule has 0 radical (unpaired) electrons. The number of methoxy groups -OCH3 is 2. The first kappa shape index (κ1) is 53.0. The van der Waals surface area contributed by atoms with Crippen LogP contribution in [0.5, 0.6) is 17.5 Å². The topological polar surface area (TPSA) is 271 Å². The highest BCUT2D eigenvalue weighted by molar-refractivity contribution is 7.90. The summed E-state index contributed by atoms with van der Waals surface area (Å²) in [6.45, 7) is 7.48. The summed E-state index contributed by atoms with van der Waals surface area (Å²) in [6, 6.07) is 10.8. The van der Waals surface area contributed by atoms with Gasteiger partial charge in [-0.3, -0.25) is 0 Å². The molecule has 0 aliphatic rings. The lowest BCUT2D eigenvalue weighted by Crippen LogP contribution is -2.35. The number of hydrogen-bond acceptors (Lipinski definition) is 17. The van der Waals surface area contributed by atoms with Crippen molar-refractivity contribution in [2.45, 2.75) is 49.6 Å². The van der Waals surface area contributed by atoms with Crippen LogP contribution in [0.4, 0.5) is 30.9 Å². The van der Waals surface area contributed by atoms with E-state index in [1.165, 1.54) is 57.1 Å². The molecule has 0 aliphatic heterocycles. The Balaban J connectivity index is 0.000000250. The minimum Gasteiger partial charge on any atom is -0.481 e. The molecule has 2 aromatic carbocycles. The Morgan fingerprint density at radius 3 is 1.59 bits per heavy atom. The van der Waals surface area contributed by atoms with Gasteiger partial charge in [-0.05, 0) is 64.9 Å². The smallest absolute Gasteiger partial charge is 0.333 e. The lowest BCUT2D eigenvalue weighted by Gasteiger charge is -2.19. The molecule has 0 spiro atoms. The van der Waals surface area contributed by atoms with Crippen molar-refractivity contribution in [3.63, 3.8) is 0 Å². The number of halogens is 2. The first-order valence-corrected chi connectivity index (χ1v) is 23.1. The van der Waals surface area contributed by atoms with Crippen LogP contribution < -0.4 is 39.2 Å². The number of amides is 2. The molecule has 0 bridgehead atoms. The van der Waals surface area contributed by atoms with Gasteiger partial charge in [0, 0.05) is 69.4 Å². The van der Waals surface area contributed by atoms with Crippen LogP contribution in [-0.4, -0.2) is 95.2 Å². The second kappa shape index (κ2) is 23.2. The second-order valence-electron chi connectivity index (χ2n) is 15.3. The van der Waals surface area contributed by atoms with Crippen LogP contribution in [0.2, 0.25) is 0 Å². The number of primary sulfonamides is 1. The largest absolute Gasteiger partial charge is 0.481 e. The molecule has 0 unspecified atom stereocenters. The van der Waals surface area contributed by atoms with E-state index in [2.05, 4.69) is 35.2 Å². The first-order chi connectivity index (χ1) is 32.0.